The number of benzene rings is 2. The number of amides is 1. The summed E-state index contributed by atoms with van der Waals surface area (Å²) in [4.78, 5) is 21.1. The number of hydrogen-bond donors (Lipinski definition) is 1. The molecule has 0 aliphatic carbocycles. The first kappa shape index (κ1) is 20.6. The molecule has 31 heavy (non-hydrogen) atoms. The van der Waals surface area contributed by atoms with Crippen LogP contribution in [0.25, 0.3) is 11.1 Å². The number of alkyl halides is 3. The van der Waals surface area contributed by atoms with Crippen LogP contribution in [0.2, 0.25) is 0 Å². The van der Waals surface area contributed by atoms with Gasteiger partial charge in [-0.2, -0.15) is 13.2 Å². The lowest BCUT2D eigenvalue weighted by Gasteiger charge is -2.13. The number of nitrogens with zero attached hydrogens (tertiary/aromatic N) is 2. The minimum absolute atomic E-state index is 0.0450. The van der Waals surface area contributed by atoms with Crippen molar-refractivity contribution in [2.75, 3.05) is 12.4 Å². The Morgan fingerprint density at radius 2 is 1.81 bits per heavy atom. The zero-order chi connectivity index (χ0) is 22.2. The molecule has 4 rings (SSSR count). The zero-order valence-electron chi connectivity index (χ0n) is 16.7. The van der Waals surface area contributed by atoms with Crippen molar-refractivity contribution in [1.82, 2.24) is 4.98 Å². The Hall–Kier alpha value is -3.68. The summed E-state index contributed by atoms with van der Waals surface area (Å²) in [6.45, 7) is 1.38. The van der Waals surface area contributed by atoms with E-state index in [0.717, 1.165) is 17.2 Å². The number of fused-ring (bicyclic) bond motifs is 1. The van der Waals surface area contributed by atoms with Crippen LogP contribution in [0, 0.1) is 6.92 Å². The maximum atomic E-state index is 13.3. The lowest BCUT2D eigenvalue weighted by atomic mass is 10.0. The third-order valence-electron chi connectivity index (χ3n) is 4.98. The Kier molecular flexibility index (Phi) is 5.22. The van der Waals surface area contributed by atoms with Gasteiger partial charge in [0.25, 0.3) is 0 Å². The molecule has 1 aliphatic heterocycles. The first-order valence-electron chi connectivity index (χ1n) is 9.44. The van der Waals surface area contributed by atoms with Crippen molar-refractivity contribution in [3.05, 3.63) is 71.4 Å². The molecular weight excluding hydrogens is 407 g/mol. The van der Waals surface area contributed by atoms with Crippen molar-refractivity contribution in [2.24, 2.45) is 4.99 Å². The third-order valence-corrected chi connectivity index (χ3v) is 4.98. The molecule has 0 radical (unpaired) electrons. The smallest absolute Gasteiger partial charge is 0.416 e. The molecule has 0 atom stereocenters. The largest absolute Gasteiger partial charge is 0.481 e. The highest BCUT2D eigenvalue weighted by Gasteiger charge is 2.34. The summed E-state index contributed by atoms with van der Waals surface area (Å²) in [6.07, 6.45) is -2.89. The van der Waals surface area contributed by atoms with Crippen molar-refractivity contribution >= 4 is 23.0 Å². The molecule has 1 aromatic heterocycles. The Morgan fingerprint density at radius 3 is 2.48 bits per heavy atom. The Labute approximate surface area is 176 Å². The minimum atomic E-state index is -4.51. The maximum absolute atomic E-state index is 13.3. The predicted molar refractivity (Wildman–Crippen MR) is 112 cm³/mol. The molecular formula is C23H18F3N3O2. The van der Waals surface area contributed by atoms with Gasteiger partial charge in [-0.15, -0.1) is 0 Å². The van der Waals surface area contributed by atoms with Gasteiger partial charge < -0.3 is 10.1 Å². The van der Waals surface area contributed by atoms with Crippen molar-refractivity contribution in [3.63, 3.8) is 0 Å². The number of aromatic nitrogens is 1. The van der Waals surface area contributed by atoms with E-state index in [4.69, 9.17) is 4.74 Å². The van der Waals surface area contributed by atoms with Gasteiger partial charge in [0, 0.05) is 17.8 Å². The molecule has 1 amide bonds. The van der Waals surface area contributed by atoms with Gasteiger partial charge in [0.05, 0.1) is 36.2 Å². The number of aryl methyl sites for hydroxylation is 1. The number of aliphatic imine (C=N–C) groups is 1. The molecule has 3 aromatic rings. The zero-order valence-corrected chi connectivity index (χ0v) is 16.7. The van der Waals surface area contributed by atoms with Crippen LogP contribution in [0.4, 0.5) is 24.5 Å². The van der Waals surface area contributed by atoms with Gasteiger partial charge in [0.15, 0.2) is 0 Å². The van der Waals surface area contributed by atoms with Gasteiger partial charge in [-0.1, -0.05) is 18.2 Å². The van der Waals surface area contributed by atoms with Gasteiger partial charge in [-0.25, -0.2) is 4.98 Å². The van der Waals surface area contributed by atoms with Crippen LogP contribution in [0.5, 0.6) is 5.88 Å². The molecule has 2 heterocycles. The normalized spacial score (nSPS) is 13.7. The third kappa shape index (κ3) is 4.28. The monoisotopic (exact) mass is 425 g/mol. The highest BCUT2D eigenvalue weighted by Crippen LogP contribution is 2.39. The average Bonchev–Trinajstić information content (AvgIpc) is 2.90. The molecule has 1 aliphatic rings. The SMILES string of the molecule is COc1ccc(-c2cccc(C3=Nc4cc(C)c(C(F)(F)F)cc4NC(=O)C3)c2)cn1. The van der Waals surface area contributed by atoms with E-state index >= 15 is 0 Å². The van der Waals surface area contributed by atoms with Gasteiger partial charge in [0.1, 0.15) is 0 Å². The van der Waals surface area contributed by atoms with E-state index in [9.17, 15) is 18.0 Å². The molecule has 0 bridgehead atoms. The van der Waals surface area contributed by atoms with Gasteiger partial charge in [0.2, 0.25) is 11.8 Å². The Bertz CT molecular complexity index is 1190. The molecule has 158 valence electrons. The highest BCUT2D eigenvalue weighted by molar-refractivity contribution is 6.17. The second kappa shape index (κ2) is 7.86. The molecule has 0 spiro atoms. The molecule has 0 fully saturated rings. The van der Waals surface area contributed by atoms with E-state index in [2.05, 4.69) is 15.3 Å². The summed E-state index contributed by atoms with van der Waals surface area (Å²) in [7, 11) is 1.54. The minimum Gasteiger partial charge on any atom is -0.481 e. The van der Waals surface area contributed by atoms with E-state index in [-0.39, 0.29) is 17.7 Å². The van der Waals surface area contributed by atoms with Crippen molar-refractivity contribution in [3.8, 4) is 17.0 Å². The number of methoxy groups -OCH3 is 1. The van der Waals surface area contributed by atoms with Crippen LogP contribution in [0.1, 0.15) is 23.1 Å². The lowest BCUT2D eigenvalue weighted by Crippen LogP contribution is -2.15. The van der Waals surface area contributed by atoms with Gasteiger partial charge >= 0.3 is 6.18 Å². The predicted octanol–water partition coefficient (Wildman–Crippen LogP) is 5.55. The fourth-order valence-corrected chi connectivity index (χ4v) is 3.44. The summed E-state index contributed by atoms with van der Waals surface area (Å²) in [6, 6.07) is 13.3. The lowest BCUT2D eigenvalue weighted by molar-refractivity contribution is -0.138. The van der Waals surface area contributed by atoms with Crippen molar-refractivity contribution in [1.29, 1.82) is 0 Å². The summed E-state index contributed by atoms with van der Waals surface area (Å²) in [5, 5.41) is 2.54. The number of halogens is 3. The van der Waals surface area contributed by atoms with Crippen LogP contribution >= 0.6 is 0 Å². The number of hydrogen-bond acceptors (Lipinski definition) is 4. The van der Waals surface area contributed by atoms with E-state index < -0.39 is 17.6 Å². The second-order valence-electron chi connectivity index (χ2n) is 7.14. The summed E-state index contributed by atoms with van der Waals surface area (Å²) in [5.41, 5.74) is 2.49. The first-order chi connectivity index (χ1) is 14.7. The van der Waals surface area contributed by atoms with Crippen LogP contribution < -0.4 is 10.1 Å². The van der Waals surface area contributed by atoms with E-state index in [1.165, 1.54) is 20.1 Å². The fraction of sp³-hybridized carbons (Fsp3) is 0.174. The Balaban J connectivity index is 1.76. The molecule has 8 heteroatoms. The average molecular weight is 425 g/mol. The van der Waals surface area contributed by atoms with Crippen LogP contribution in [0.15, 0.2) is 59.7 Å². The quantitative estimate of drug-likeness (QED) is 0.599. The summed E-state index contributed by atoms with van der Waals surface area (Å²) < 4.78 is 44.8. The maximum Gasteiger partial charge on any atom is 0.416 e. The number of carbonyl (C=O) groups is 1. The number of rotatable bonds is 3. The van der Waals surface area contributed by atoms with Crippen molar-refractivity contribution in [2.45, 2.75) is 19.5 Å². The van der Waals surface area contributed by atoms with Crippen LogP contribution in [-0.2, 0) is 11.0 Å². The number of nitrogens with one attached hydrogen (secondary N) is 1. The summed E-state index contributed by atoms with van der Waals surface area (Å²) in [5.74, 6) is 0.0703. The van der Waals surface area contributed by atoms with Crippen molar-refractivity contribution < 1.29 is 22.7 Å². The van der Waals surface area contributed by atoms with Gasteiger partial charge in [-0.3, -0.25) is 9.79 Å². The van der Waals surface area contributed by atoms with E-state index in [1.807, 2.05) is 30.3 Å². The molecule has 2 aromatic carbocycles. The fourth-order valence-electron chi connectivity index (χ4n) is 3.44. The van der Waals surface area contributed by atoms with E-state index in [0.29, 0.717) is 22.8 Å². The molecule has 0 unspecified atom stereocenters. The van der Waals surface area contributed by atoms with Crippen LogP contribution in [-0.4, -0.2) is 23.7 Å². The number of carbonyl (C=O) groups excluding carboxylic acids is 1. The topological polar surface area (TPSA) is 63.6 Å². The standard InChI is InChI=1S/C23H18F3N3O2/c1-13-8-19-20(10-17(13)23(24,25)26)29-21(30)11-18(28-19)15-5-3-4-14(9-15)16-6-7-22(31-2)27-12-16/h3-10,12H,11H2,1-2H3,(H,29,30). The first-order valence-corrected chi connectivity index (χ1v) is 9.44. The van der Waals surface area contributed by atoms with Gasteiger partial charge in [-0.05, 0) is 47.9 Å². The highest BCUT2D eigenvalue weighted by atomic mass is 19.4. The van der Waals surface area contributed by atoms with Crippen LogP contribution in [0.3, 0.4) is 0 Å². The Morgan fingerprint density at radius 1 is 1.03 bits per heavy atom. The molecule has 0 saturated carbocycles. The number of anilines is 1. The molecule has 0 saturated heterocycles. The molecule has 1 N–H and O–H groups in total. The molecule has 5 nitrogen and oxygen atoms in total. The van der Waals surface area contributed by atoms with E-state index in [1.54, 1.807) is 12.3 Å². The summed E-state index contributed by atoms with van der Waals surface area (Å²) >= 11 is 0. The number of pyridine rings is 1. The second-order valence-corrected chi connectivity index (χ2v) is 7.14. The number of ether oxygens (including phenoxy) is 1.